The summed E-state index contributed by atoms with van der Waals surface area (Å²) < 4.78 is 5.92. The van der Waals surface area contributed by atoms with Crippen molar-refractivity contribution in [2.24, 2.45) is 0 Å². The Balaban J connectivity index is 2.01. The maximum absolute atomic E-state index is 13.4. The van der Waals surface area contributed by atoms with E-state index in [-0.39, 0.29) is 34.6 Å². The van der Waals surface area contributed by atoms with Crippen LogP contribution in [-0.4, -0.2) is 37.9 Å². The van der Waals surface area contributed by atoms with Gasteiger partial charge in [0, 0.05) is 29.2 Å². The number of ether oxygens (including phenoxy) is 1. The van der Waals surface area contributed by atoms with Crippen molar-refractivity contribution >= 4 is 5.78 Å². The number of rotatable bonds is 2. The van der Waals surface area contributed by atoms with Gasteiger partial charge in [0.05, 0.1) is 17.2 Å². The maximum atomic E-state index is 13.4. The SMILES string of the molecule is CC(C)=CCc1c(C)cc(O)c2c1[C@@H](O)c1c3c(cc(O)c1C2=O)OC(C)(C)[C@@H](O)C3. The molecule has 0 unspecified atom stereocenters. The van der Waals surface area contributed by atoms with Gasteiger partial charge in [-0.25, -0.2) is 0 Å². The number of aliphatic hydroxyl groups excluding tert-OH is 2. The first-order valence-electron chi connectivity index (χ1n) is 10.4. The van der Waals surface area contributed by atoms with Gasteiger partial charge in [0.2, 0.25) is 5.78 Å². The molecule has 2 aliphatic rings. The van der Waals surface area contributed by atoms with Gasteiger partial charge in [0.15, 0.2) is 0 Å². The van der Waals surface area contributed by atoms with Gasteiger partial charge in [-0.05, 0) is 58.2 Å². The van der Waals surface area contributed by atoms with E-state index in [4.69, 9.17) is 4.74 Å². The number of benzene rings is 2. The molecule has 0 aromatic heterocycles. The molecule has 0 saturated carbocycles. The Morgan fingerprint density at radius 3 is 2.39 bits per heavy atom. The zero-order valence-electron chi connectivity index (χ0n) is 18.4. The molecule has 2 atom stereocenters. The van der Waals surface area contributed by atoms with Crippen LogP contribution >= 0.6 is 0 Å². The molecule has 31 heavy (non-hydrogen) atoms. The summed E-state index contributed by atoms with van der Waals surface area (Å²) in [5.74, 6) is -0.755. The van der Waals surface area contributed by atoms with Gasteiger partial charge < -0.3 is 25.2 Å². The lowest BCUT2D eigenvalue weighted by molar-refractivity contribution is -0.0419. The van der Waals surface area contributed by atoms with Gasteiger partial charge in [-0.2, -0.15) is 0 Å². The number of phenolic OH excluding ortho intramolecular Hbond substituents is 2. The van der Waals surface area contributed by atoms with Crippen LogP contribution in [0.25, 0.3) is 0 Å². The van der Waals surface area contributed by atoms with Gasteiger partial charge in [-0.3, -0.25) is 4.79 Å². The number of fused-ring (bicyclic) bond motifs is 4. The molecule has 1 aliphatic heterocycles. The van der Waals surface area contributed by atoms with E-state index in [1.807, 2.05) is 26.8 Å². The van der Waals surface area contributed by atoms with Crippen LogP contribution in [0.2, 0.25) is 0 Å². The summed E-state index contributed by atoms with van der Waals surface area (Å²) >= 11 is 0. The minimum Gasteiger partial charge on any atom is -0.507 e. The van der Waals surface area contributed by atoms with Crippen LogP contribution in [0, 0.1) is 6.92 Å². The average Bonchev–Trinajstić information content (AvgIpc) is 2.65. The first-order valence-corrected chi connectivity index (χ1v) is 10.4. The minimum atomic E-state index is -1.26. The zero-order valence-corrected chi connectivity index (χ0v) is 18.4. The molecule has 2 aromatic carbocycles. The summed E-state index contributed by atoms with van der Waals surface area (Å²) in [6, 6.07) is 2.88. The van der Waals surface area contributed by atoms with Crippen LogP contribution in [0.1, 0.15) is 77.5 Å². The highest BCUT2D eigenvalue weighted by atomic mass is 16.5. The Morgan fingerprint density at radius 1 is 1.13 bits per heavy atom. The van der Waals surface area contributed by atoms with Crippen molar-refractivity contribution in [3.05, 3.63) is 62.7 Å². The molecule has 4 rings (SSSR count). The van der Waals surface area contributed by atoms with Crippen molar-refractivity contribution in [3.63, 3.8) is 0 Å². The number of carbonyl (C=O) groups is 1. The molecule has 0 bridgehead atoms. The van der Waals surface area contributed by atoms with E-state index in [1.165, 1.54) is 12.1 Å². The molecule has 1 aliphatic carbocycles. The topological polar surface area (TPSA) is 107 Å². The number of aryl methyl sites for hydroxylation is 1. The standard InChI is InChI=1S/C25H28O6/c1-11(2)6-7-13-12(3)8-15(26)21-19(13)23(29)20-14-9-18(28)25(4,5)31-17(14)10-16(27)22(20)24(21)30/h6,8,10,18,23,26-29H,7,9H2,1-5H3/t18-,23+/m0/s1. The van der Waals surface area contributed by atoms with Crippen molar-refractivity contribution in [2.75, 3.05) is 0 Å². The third-order valence-corrected chi connectivity index (χ3v) is 6.38. The van der Waals surface area contributed by atoms with E-state index in [0.717, 1.165) is 16.7 Å². The van der Waals surface area contributed by atoms with Crippen molar-refractivity contribution in [1.82, 2.24) is 0 Å². The van der Waals surface area contributed by atoms with Crippen LogP contribution in [-0.2, 0) is 12.8 Å². The number of aliphatic hydroxyl groups is 2. The van der Waals surface area contributed by atoms with E-state index in [2.05, 4.69) is 0 Å². The van der Waals surface area contributed by atoms with E-state index in [9.17, 15) is 25.2 Å². The fourth-order valence-electron chi connectivity index (χ4n) is 4.59. The van der Waals surface area contributed by atoms with E-state index < -0.39 is 23.6 Å². The number of carbonyl (C=O) groups excluding carboxylic acids is 1. The van der Waals surface area contributed by atoms with Crippen molar-refractivity contribution in [3.8, 4) is 17.2 Å². The van der Waals surface area contributed by atoms with Gasteiger partial charge in [-0.15, -0.1) is 0 Å². The van der Waals surface area contributed by atoms with Gasteiger partial charge in [0.25, 0.3) is 0 Å². The largest absolute Gasteiger partial charge is 0.507 e. The molecule has 6 nitrogen and oxygen atoms in total. The third kappa shape index (κ3) is 3.22. The summed E-state index contributed by atoms with van der Waals surface area (Å²) in [5.41, 5.74) is 2.78. The Kier molecular flexibility index (Phi) is 4.91. The molecule has 0 saturated heterocycles. The smallest absolute Gasteiger partial charge is 0.201 e. The number of aromatic hydroxyl groups is 2. The molecular formula is C25H28O6. The lowest BCUT2D eigenvalue weighted by Gasteiger charge is -2.40. The maximum Gasteiger partial charge on any atom is 0.201 e. The van der Waals surface area contributed by atoms with Gasteiger partial charge in [0.1, 0.15) is 29.0 Å². The van der Waals surface area contributed by atoms with E-state index >= 15 is 0 Å². The predicted octanol–water partition coefficient (Wildman–Crippen LogP) is 3.62. The number of hydrogen-bond acceptors (Lipinski definition) is 6. The van der Waals surface area contributed by atoms with Crippen LogP contribution < -0.4 is 4.74 Å². The summed E-state index contributed by atoms with van der Waals surface area (Å²) in [5, 5.41) is 43.4. The fraction of sp³-hybridized carbons (Fsp3) is 0.400. The summed E-state index contributed by atoms with van der Waals surface area (Å²) in [7, 11) is 0. The van der Waals surface area contributed by atoms with Gasteiger partial charge >= 0.3 is 0 Å². The lowest BCUT2D eigenvalue weighted by Crippen LogP contribution is -2.47. The first-order chi connectivity index (χ1) is 14.4. The third-order valence-electron chi connectivity index (χ3n) is 6.38. The average molecular weight is 424 g/mol. The van der Waals surface area contributed by atoms with Crippen molar-refractivity contribution in [2.45, 2.75) is 65.3 Å². The number of ketones is 1. The van der Waals surface area contributed by atoms with Crippen LogP contribution in [0.4, 0.5) is 0 Å². The zero-order chi connectivity index (χ0) is 22.8. The van der Waals surface area contributed by atoms with Crippen molar-refractivity contribution < 1.29 is 30.0 Å². The Bertz CT molecular complexity index is 1140. The number of phenols is 2. The van der Waals surface area contributed by atoms with Crippen LogP contribution in [0.3, 0.4) is 0 Å². The first kappa shape index (κ1) is 21.4. The second-order valence-electron chi connectivity index (χ2n) is 9.28. The lowest BCUT2D eigenvalue weighted by atomic mass is 9.74. The van der Waals surface area contributed by atoms with Crippen molar-refractivity contribution in [1.29, 1.82) is 0 Å². The molecule has 0 spiro atoms. The summed E-state index contributed by atoms with van der Waals surface area (Å²) in [6.45, 7) is 9.25. The second-order valence-corrected chi connectivity index (χ2v) is 9.28. The molecule has 0 amide bonds. The van der Waals surface area contributed by atoms with E-state index in [1.54, 1.807) is 13.8 Å². The van der Waals surface area contributed by atoms with Crippen LogP contribution in [0.15, 0.2) is 23.8 Å². The Labute approximate surface area is 181 Å². The normalized spacial score (nSPS) is 20.9. The Morgan fingerprint density at radius 2 is 1.74 bits per heavy atom. The monoisotopic (exact) mass is 424 g/mol. The molecule has 2 aromatic rings. The molecule has 164 valence electrons. The number of allylic oxidation sites excluding steroid dienone is 2. The second kappa shape index (κ2) is 7.11. The fourth-order valence-corrected chi connectivity index (χ4v) is 4.59. The highest BCUT2D eigenvalue weighted by Gasteiger charge is 2.43. The van der Waals surface area contributed by atoms with Crippen LogP contribution in [0.5, 0.6) is 17.2 Å². The molecule has 0 fully saturated rings. The van der Waals surface area contributed by atoms with Gasteiger partial charge in [-0.1, -0.05) is 11.6 Å². The minimum absolute atomic E-state index is 0.00983. The summed E-state index contributed by atoms with van der Waals surface area (Å²) in [4.78, 5) is 13.4. The quantitative estimate of drug-likeness (QED) is 0.549. The summed E-state index contributed by atoms with van der Waals surface area (Å²) in [6.07, 6.45) is 0.551. The molecular weight excluding hydrogens is 396 g/mol. The van der Waals surface area contributed by atoms with E-state index in [0.29, 0.717) is 23.3 Å². The molecule has 1 heterocycles. The predicted molar refractivity (Wildman–Crippen MR) is 116 cm³/mol. The number of hydrogen-bond donors (Lipinski definition) is 4. The highest BCUT2D eigenvalue weighted by molar-refractivity contribution is 6.16. The molecule has 4 N–H and O–H groups in total. The molecule has 6 heteroatoms. The Hall–Kier alpha value is -2.83. The molecule has 0 radical (unpaired) electrons. The highest BCUT2D eigenvalue weighted by Crippen LogP contribution is 2.50.